The lowest BCUT2D eigenvalue weighted by atomic mass is 10.3. The Bertz CT molecular complexity index is 507. The van der Waals surface area contributed by atoms with E-state index in [1.54, 1.807) is 18.2 Å². The summed E-state index contributed by atoms with van der Waals surface area (Å²) >= 11 is 0. The molecule has 1 aliphatic heterocycles. The highest BCUT2D eigenvalue weighted by atomic mass is 32.2. The van der Waals surface area contributed by atoms with Gasteiger partial charge in [0.15, 0.2) is 0 Å². The van der Waals surface area contributed by atoms with Crippen LogP contribution in [0.25, 0.3) is 0 Å². The minimum atomic E-state index is -3.62. The maximum absolute atomic E-state index is 11.4. The predicted molar refractivity (Wildman–Crippen MR) is 50.7 cm³/mol. The fourth-order valence-corrected chi connectivity index (χ4v) is 2.23. The Hall–Kier alpha value is -1.69. The molecular formula is C8H6N2O3S. The van der Waals surface area contributed by atoms with Crippen LogP contribution in [0.2, 0.25) is 0 Å². The fourth-order valence-electron chi connectivity index (χ4n) is 1.20. The molecule has 6 heteroatoms. The summed E-state index contributed by atoms with van der Waals surface area (Å²) in [7, 11) is -3.62. The van der Waals surface area contributed by atoms with Gasteiger partial charge in [0.05, 0.1) is 5.69 Å². The van der Waals surface area contributed by atoms with E-state index in [9.17, 15) is 13.2 Å². The van der Waals surface area contributed by atoms with E-state index < -0.39 is 10.0 Å². The van der Waals surface area contributed by atoms with Crippen LogP contribution in [0.15, 0.2) is 33.6 Å². The normalized spacial score (nSPS) is 17.6. The van der Waals surface area contributed by atoms with E-state index in [1.165, 1.54) is 6.07 Å². The van der Waals surface area contributed by atoms with Gasteiger partial charge in [0.2, 0.25) is 6.41 Å². The number of amides is 1. The number of hydrogen-bond donors (Lipinski definition) is 0. The van der Waals surface area contributed by atoms with E-state index >= 15 is 0 Å². The van der Waals surface area contributed by atoms with E-state index in [4.69, 9.17) is 0 Å². The first-order chi connectivity index (χ1) is 6.65. The molecule has 1 aliphatic rings. The van der Waals surface area contributed by atoms with Gasteiger partial charge in [0, 0.05) is 0 Å². The first-order valence-corrected chi connectivity index (χ1v) is 5.22. The van der Waals surface area contributed by atoms with Crippen LogP contribution < -0.4 is 4.90 Å². The predicted octanol–water partition coefficient (Wildman–Crippen LogP) is 0.380. The van der Waals surface area contributed by atoms with Crippen LogP contribution in [0, 0.1) is 0 Å². The highest BCUT2D eigenvalue weighted by Crippen LogP contribution is 2.27. The summed E-state index contributed by atoms with van der Waals surface area (Å²) < 4.78 is 26.1. The molecule has 72 valence electrons. The molecule has 0 N–H and O–H groups in total. The second-order valence-electron chi connectivity index (χ2n) is 2.68. The zero-order valence-corrected chi connectivity index (χ0v) is 7.81. The van der Waals surface area contributed by atoms with Gasteiger partial charge in [-0.3, -0.25) is 9.69 Å². The number of carbonyl (C=O) groups excluding carboxylic acids is 1. The van der Waals surface area contributed by atoms with Gasteiger partial charge in [0.25, 0.3) is 10.0 Å². The third-order valence-corrected chi connectivity index (χ3v) is 3.12. The van der Waals surface area contributed by atoms with Crippen molar-refractivity contribution in [1.82, 2.24) is 0 Å². The average Bonchev–Trinajstić information content (AvgIpc) is 2.18. The SMILES string of the molecule is O=CN1C=NS(=O)(=O)c2ccccc21. The molecule has 1 aromatic carbocycles. The van der Waals surface area contributed by atoms with Crippen molar-refractivity contribution in [2.75, 3.05) is 4.90 Å². The second kappa shape index (κ2) is 2.91. The molecule has 0 spiro atoms. The van der Waals surface area contributed by atoms with Crippen LogP contribution in [0.1, 0.15) is 0 Å². The Labute approximate surface area is 80.7 Å². The van der Waals surface area contributed by atoms with Gasteiger partial charge in [-0.1, -0.05) is 12.1 Å². The van der Waals surface area contributed by atoms with Gasteiger partial charge >= 0.3 is 0 Å². The maximum atomic E-state index is 11.4. The van der Waals surface area contributed by atoms with Crippen molar-refractivity contribution in [3.05, 3.63) is 24.3 Å². The summed E-state index contributed by atoms with van der Waals surface area (Å²) in [6, 6.07) is 6.20. The molecule has 1 aromatic rings. The van der Waals surface area contributed by atoms with Crippen LogP contribution >= 0.6 is 0 Å². The minimum Gasteiger partial charge on any atom is -0.278 e. The molecule has 14 heavy (non-hydrogen) atoms. The van der Waals surface area contributed by atoms with Gasteiger partial charge in [0.1, 0.15) is 11.2 Å². The zero-order valence-electron chi connectivity index (χ0n) is 6.99. The second-order valence-corrected chi connectivity index (χ2v) is 4.28. The number of nitrogens with zero attached hydrogens (tertiary/aromatic N) is 2. The highest BCUT2D eigenvalue weighted by Gasteiger charge is 2.24. The van der Waals surface area contributed by atoms with Crippen molar-refractivity contribution in [2.45, 2.75) is 4.90 Å². The largest absolute Gasteiger partial charge is 0.285 e. The third-order valence-electron chi connectivity index (χ3n) is 1.85. The van der Waals surface area contributed by atoms with Gasteiger partial charge in [-0.2, -0.15) is 8.42 Å². The number of benzene rings is 1. The monoisotopic (exact) mass is 210 g/mol. The van der Waals surface area contributed by atoms with Gasteiger partial charge in [-0.05, 0) is 12.1 Å². The molecule has 2 rings (SSSR count). The highest BCUT2D eigenvalue weighted by molar-refractivity contribution is 7.90. The first kappa shape index (κ1) is 8.89. The van der Waals surface area contributed by atoms with Crippen molar-refractivity contribution in [1.29, 1.82) is 0 Å². The number of hydrogen-bond acceptors (Lipinski definition) is 3. The standard InChI is InChI=1S/C8H6N2O3S/c11-6-10-5-9-14(12,13)8-4-2-1-3-7(8)10/h1-6H. The van der Waals surface area contributed by atoms with Crippen molar-refractivity contribution in [3.63, 3.8) is 0 Å². The molecular weight excluding hydrogens is 204 g/mol. The van der Waals surface area contributed by atoms with E-state index in [2.05, 4.69) is 4.40 Å². The quantitative estimate of drug-likeness (QED) is 0.629. The Morgan fingerprint density at radius 2 is 2.00 bits per heavy atom. The van der Waals surface area contributed by atoms with E-state index in [1.807, 2.05) is 0 Å². The van der Waals surface area contributed by atoms with Crippen molar-refractivity contribution >= 4 is 28.5 Å². The molecule has 1 amide bonds. The molecule has 0 unspecified atom stereocenters. The van der Waals surface area contributed by atoms with Crippen molar-refractivity contribution in [3.8, 4) is 0 Å². The summed E-state index contributed by atoms with van der Waals surface area (Å²) in [5.41, 5.74) is 0.331. The maximum Gasteiger partial charge on any atom is 0.285 e. The molecule has 0 bridgehead atoms. The number of anilines is 1. The number of sulfonamides is 1. The lowest BCUT2D eigenvalue weighted by Crippen LogP contribution is -2.25. The van der Waals surface area contributed by atoms with E-state index in [-0.39, 0.29) is 4.90 Å². The summed E-state index contributed by atoms with van der Waals surface area (Å²) in [5.74, 6) is 0. The van der Waals surface area contributed by atoms with Crippen molar-refractivity contribution < 1.29 is 13.2 Å². The fraction of sp³-hybridized carbons (Fsp3) is 0. The number of fused-ring (bicyclic) bond motifs is 1. The Morgan fingerprint density at radius 1 is 1.29 bits per heavy atom. The zero-order chi connectivity index (χ0) is 10.2. The van der Waals surface area contributed by atoms with Gasteiger partial charge < -0.3 is 0 Å². The van der Waals surface area contributed by atoms with E-state index in [0.29, 0.717) is 12.1 Å². The van der Waals surface area contributed by atoms with Crippen LogP contribution in [0.4, 0.5) is 5.69 Å². The molecule has 0 fully saturated rings. The van der Waals surface area contributed by atoms with Crippen LogP contribution in [-0.2, 0) is 14.8 Å². The molecule has 0 aromatic heterocycles. The molecule has 0 atom stereocenters. The number of carbonyl (C=O) groups is 1. The van der Waals surface area contributed by atoms with Crippen LogP contribution in [0.5, 0.6) is 0 Å². The van der Waals surface area contributed by atoms with Crippen LogP contribution in [-0.4, -0.2) is 21.2 Å². The van der Waals surface area contributed by atoms with Crippen molar-refractivity contribution in [2.24, 2.45) is 4.40 Å². The van der Waals surface area contributed by atoms with Gasteiger partial charge in [-0.15, -0.1) is 4.40 Å². The molecule has 0 radical (unpaired) electrons. The van der Waals surface area contributed by atoms with E-state index in [0.717, 1.165) is 11.2 Å². The molecule has 0 saturated carbocycles. The Kier molecular flexibility index (Phi) is 1.85. The third kappa shape index (κ3) is 1.20. The molecule has 0 saturated heterocycles. The number of rotatable bonds is 1. The molecule has 5 nitrogen and oxygen atoms in total. The Balaban J connectivity index is 2.73. The minimum absolute atomic E-state index is 0.0506. The topological polar surface area (TPSA) is 66.8 Å². The van der Waals surface area contributed by atoms with Gasteiger partial charge in [-0.25, -0.2) is 0 Å². The Morgan fingerprint density at radius 3 is 2.71 bits per heavy atom. The average molecular weight is 210 g/mol. The van der Waals surface area contributed by atoms with Crippen LogP contribution in [0.3, 0.4) is 0 Å². The summed E-state index contributed by atoms with van der Waals surface area (Å²) in [5, 5.41) is 0. The lowest BCUT2D eigenvalue weighted by molar-refractivity contribution is -0.106. The summed E-state index contributed by atoms with van der Waals surface area (Å²) in [6.07, 6.45) is 1.50. The smallest absolute Gasteiger partial charge is 0.278 e. The first-order valence-electron chi connectivity index (χ1n) is 3.78. The molecule has 0 aliphatic carbocycles. The lowest BCUT2D eigenvalue weighted by Gasteiger charge is -2.18. The molecule has 1 heterocycles. The summed E-state index contributed by atoms with van der Waals surface area (Å²) in [6.45, 7) is 0. The number of para-hydroxylation sites is 1. The summed E-state index contributed by atoms with van der Waals surface area (Å²) in [4.78, 5) is 11.7.